The maximum absolute atomic E-state index is 5.86. The molecule has 1 fully saturated rings. The van der Waals surface area contributed by atoms with Crippen LogP contribution in [0.1, 0.15) is 18.4 Å². The Morgan fingerprint density at radius 1 is 1.62 bits per heavy atom. The summed E-state index contributed by atoms with van der Waals surface area (Å²) in [5.74, 6) is 0. The van der Waals surface area contributed by atoms with E-state index in [1.165, 1.54) is 24.9 Å². The van der Waals surface area contributed by atoms with Gasteiger partial charge in [0, 0.05) is 25.3 Å². The van der Waals surface area contributed by atoms with E-state index in [1.807, 2.05) is 12.1 Å². The van der Waals surface area contributed by atoms with Gasteiger partial charge in [0.2, 0.25) is 0 Å². The second kappa shape index (κ2) is 5.62. The van der Waals surface area contributed by atoms with Gasteiger partial charge in [-0.2, -0.15) is 0 Å². The molecule has 1 aliphatic rings. The quantitative estimate of drug-likeness (QED) is 0.814. The summed E-state index contributed by atoms with van der Waals surface area (Å²) in [7, 11) is 2.15. The van der Waals surface area contributed by atoms with Gasteiger partial charge in [0.05, 0.1) is 0 Å². The van der Waals surface area contributed by atoms with Crippen LogP contribution >= 0.6 is 11.6 Å². The fourth-order valence-electron chi connectivity index (χ4n) is 2.21. The highest BCUT2D eigenvalue weighted by molar-refractivity contribution is 6.29. The fourth-order valence-corrected chi connectivity index (χ4v) is 2.40. The van der Waals surface area contributed by atoms with E-state index in [9.17, 15) is 0 Å². The van der Waals surface area contributed by atoms with Crippen molar-refractivity contribution in [2.75, 3.05) is 20.1 Å². The summed E-state index contributed by atoms with van der Waals surface area (Å²) >= 11 is 5.86. The highest BCUT2D eigenvalue weighted by Gasteiger charge is 2.15. The first-order valence-corrected chi connectivity index (χ1v) is 6.14. The van der Waals surface area contributed by atoms with Crippen molar-refractivity contribution in [3.05, 3.63) is 29.0 Å². The van der Waals surface area contributed by atoms with Crippen molar-refractivity contribution in [1.82, 2.24) is 15.2 Å². The van der Waals surface area contributed by atoms with Crippen molar-refractivity contribution in [3.8, 4) is 0 Å². The molecule has 1 unspecified atom stereocenters. The van der Waals surface area contributed by atoms with Gasteiger partial charge in [0.15, 0.2) is 0 Å². The lowest BCUT2D eigenvalue weighted by Crippen LogP contribution is -2.34. The lowest BCUT2D eigenvalue weighted by molar-refractivity contribution is 0.293. The molecule has 2 heterocycles. The zero-order valence-corrected chi connectivity index (χ0v) is 10.4. The Labute approximate surface area is 102 Å². The predicted octanol–water partition coefficient (Wildman–Crippen LogP) is 1.92. The molecule has 1 aromatic heterocycles. The van der Waals surface area contributed by atoms with Crippen LogP contribution in [0.15, 0.2) is 18.3 Å². The molecule has 1 N–H and O–H groups in total. The molecule has 0 radical (unpaired) electrons. The first kappa shape index (κ1) is 11.8. The molecule has 1 saturated heterocycles. The summed E-state index contributed by atoms with van der Waals surface area (Å²) in [6.07, 6.45) is 4.36. The maximum Gasteiger partial charge on any atom is 0.129 e. The Balaban J connectivity index is 1.84. The lowest BCUT2D eigenvalue weighted by Gasteiger charge is -2.21. The number of rotatable bonds is 4. The smallest absolute Gasteiger partial charge is 0.129 e. The third-order valence-electron chi connectivity index (χ3n) is 2.94. The van der Waals surface area contributed by atoms with Crippen LogP contribution in [0.4, 0.5) is 0 Å². The largest absolute Gasteiger partial charge is 0.313 e. The van der Waals surface area contributed by atoms with Gasteiger partial charge in [-0.3, -0.25) is 0 Å². The molecule has 4 heteroatoms. The SMILES string of the molecule is CN(Cc1ccnc(Cl)c1)CC1CCCN1. The monoisotopic (exact) mass is 239 g/mol. The summed E-state index contributed by atoms with van der Waals surface area (Å²) in [6.45, 7) is 3.19. The molecule has 1 atom stereocenters. The summed E-state index contributed by atoms with van der Waals surface area (Å²) in [6, 6.07) is 4.60. The van der Waals surface area contributed by atoms with Gasteiger partial charge in [0.25, 0.3) is 0 Å². The first-order valence-electron chi connectivity index (χ1n) is 5.76. The normalized spacial score (nSPS) is 20.6. The van der Waals surface area contributed by atoms with Crippen LogP contribution in [-0.4, -0.2) is 36.1 Å². The fraction of sp³-hybridized carbons (Fsp3) is 0.583. The van der Waals surface area contributed by atoms with Gasteiger partial charge >= 0.3 is 0 Å². The predicted molar refractivity (Wildman–Crippen MR) is 66.6 cm³/mol. The summed E-state index contributed by atoms with van der Waals surface area (Å²) in [4.78, 5) is 6.31. The van der Waals surface area contributed by atoms with Gasteiger partial charge in [-0.25, -0.2) is 4.98 Å². The minimum Gasteiger partial charge on any atom is -0.313 e. The number of halogens is 1. The van der Waals surface area contributed by atoms with E-state index in [4.69, 9.17) is 11.6 Å². The van der Waals surface area contributed by atoms with E-state index in [-0.39, 0.29) is 0 Å². The Morgan fingerprint density at radius 3 is 3.19 bits per heavy atom. The van der Waals surface area contributed by atoms with E-state index in [0.29, 0.717) is 11.2 Å². The Kier molecular flexibility index (Phi) is 4.16. The number of hydrogen-bond donors (Lipinski definition) is 1. The second-order valence-corrected chi connectivity index (χ2v) is 4.86. The number of nitrogens with zero attached hydrogens (tertiary/aromatic N) is 2. The molecule has 1 aromatic rings. The van der Waals surface area contributed by atoms with E-state index in [0.717, 1.165) is 13.1 Å². The molecule has 0 aromatic carbocycles. The first-order chi connectivity index (χ1) is 7.74. The van der Waals surface area contributed by atoms with Crippen LogP contribution in [0.3, 0.4) is 0 Å². The van der Waals surface area contributed by atoms with Crippen molar-refractivity contribution in [1.29, 1.82) is 0 Å². The molecule has 88 valence electrons. The molecule has 0 spiro atoms. The summed E-state index contributed by atoms with van der Waals surface area (Å²) < 4.78 is 0. The van der Waals surface area contributed by atoms with Crippen molar-refractivity contribution >= 4 is 11.6 Å². The summed E-state index contributed by atoms with van der Waals surface area (Å²) in [5.41, 5.74) is 1.22. The van der Waals surface area contributed by atoms with Crippen molar-refractivity contribution in [3.63, 3.8) is 0 Å². The highest BCUT2D eigenvalue weighted by Crippen LogP contribution is 2.11. The highest BCUT2D eigenvalue weighted by atomic mass is 35.5. The minimum absolute atomic E-state index is 0.574. The van der Waals surface area contributed by atoms with Crippen LogP contribution in [0.2, 0.25) is 5.15 Å². The number of pyridine rings is 1. The zero-order valence-electron chi connectivity index (χ0n) is 9.62. The third-order valence-corrected chi connectivity index (χ3v) is 3.14. The Hall–Kier alpha value is -0.640. The Bertz CT molecular complexity index is 337. The van der Waals surface area contributed by atoms with Gasteiger partial charge in [-0.1, -0.05) is 11.6 Å². The van der Waals surface area contributed by atoms with E-state index < -0.39 is 0 Å². The Morgan fingerprint density at radius 2 is 2.50 bits per heavy atom. The number of hydrogen-bond acceptors (Lipinski definition) is 3. The van der Waals surface area contributed by atoms with Gasteiger partial charge in [-0.05, 0) is 44.1 Å². The second-order valence-electron chi connectivity index (χ2n) is 4.48. The average Bonchev–Trinajstić information content (AvgIpc) is 2.70. The van der Waals surface area contributed by atoms with Crippen molar-refractivity contribution < 1.29 is 0 Å². The third kappa shape index (κ3) is 3.44. The van der Waals surface area contributed by atoms with E-state index in [1.54, 1.807) is 6.20 Å². The molecule has 0 saturated carbocycles. The molecule has 3 nitrogen and oxygen atoms in total. The van der Waals surface area contributed by atoms with Crippen LogP contribution < -0.4 is 5.32 Å². The molecule has 0 aliphatic carbocycles. The van der Waals surface area contributed by atoms with Crippen molar-refractivity contribution in [2.24, 2.45) is 0 Å². The molecule has 16 heavy (non-hydrogen) atoms. The van der Waals surface area contributed by atoms with Gasteiger partial charge in [-0.15, -0.1) is 0 Å². The zero-order chi connectivity index (χ0) is 11.4. The molecule has 1 aliphatic heterocycles. The van der Waals surface area contributed by atoms with E-state index in [2.05, 4.69) is 22.2 Å². The molecule has 0 bridgehead atoms. The molecular formula is C12H18ClN3. The van der Waals surface area contributed by atoms with Crippen LogP contribution in [0.5, 0.6) is 0 Å². The number of nitrogens with one attached hydrogen (secondary N) is 1. The molecule has 0 amide bonds. The standard InChI is InChI=1S/C12H18ClN3/c1-16(9-11-3-2-5-14-11)8-10-4-6-15-12(13)7-10/h4,6-7,11,14H,2-3,5,8-9H2,1H3. The average molecular weight is 240 g/mol. The van der Waals surface area contributed by atoms with Crippen LogP contribution in [-0.2, 0) is 6.54 Å². The topological polar surface area (TPSA) is 28.2 Å². The lowest BCUT2D eigenvalue weighted by atomic mass is 10.2. The van der Waals surface area contributed by atoms with Gasteiger partial charge in [0.1, 0.15) is 5.15 Å². The molecular weight excluding hydrogens is 222 g/mol. The van der Waals surface area contributed by atoms with E-state index >= 15 is 0 Å². The van der Waals surface area contributed by atoms with Crippen LogP contribution in [0.25, 0.3) is 0 Å². The number of likely N-dealkylation sites (N-methyl/N-ethyl adjacent to an activating group) is 1. The maximum atomic E-state index is 5.86. The van der Waals surface area contributed by atoms with Crippen molar-refractivity contribution in [2.45, 2.75) is 25.4 Å². The molecule has 2 rings (SSSR count). The van der Waals surface area contributed by atoms with Crippen LogP contribution in [0, 0.1) is 0 Å². The summed E-state index contributed by atoms with van der Waals surface area (Å²) in [5, 5.41) is 4.08. The van der Waals surface area contributed by atoms with Gasteiger partial charge < -0.3 is 10.2 Å². The minimum atomic E-state index is 0.574. The number of aromatic nitrogens is 1.